The third kappa shape index (κ3) is 2.76. The normalized spacial score (nSPS) is 30.0. The van der Waals surface area contributed by atoms with Gasteiger partial charge in [0, 0.05) is 36.9 Å². The van der Waals surface area contributed by atoms with Crippen LogP contribution in [0.2, 0.25) is 0 Å². The van der Waals surface area contributed by atoms with E-state index >= 15 is 0 Å². The summed E-state index contributed by atoms with van der Waals surface area (Å²) in [6, 6.07) is 7.11. The summed E-state index contributed by atoms with van der Waals surface area (Å²) >= 11 is 0. The summed E-state index contributed by atoms with van der Waals surface area (Å²) < 4.78 is 15.1. The Bertz CT molecular complexity index is 698. The highest BCUT2D eigenvalue weighted by molar-refractivity contribution is 5.26. The average molecular weight is 329 g/mol. The Morgan fingerprint density at radius 2 is 1.88 bits per heavy atom. The van der Waals surface area contributed by atoms with Gasteiger partial charge in [-0.2, -0.15) is 5.10 Å². The van der Waals surface area contributed by atoms with Gasteiger partial charge in [0.15, 0.2) is 0 Å². The summed E-state index contributed by atoms with van der Waals surface area (Å²) in [5.41, 5.74) is 1.25. The van der Waals surface area contributed by atoms with Crippen molar-refractivity contribution >= 4 is 0 Å². The number of rotatable bonds is 4. The number of aromatic nitrogens is 2. The van der Waals surface area contributed by atoms with Crippen molar-refractivity contribution in [2.75, 3.05) is 0 Å². The molecule has 4 nitrogen and oxygen atoms in total. The van der Waals surface area contributed by atoms with Gasteiger partial charge >= 0.3 is 0 Å². The molecule has 0 spiro atoms. The largest absolute Gasteiger partial charge is 0.385 e. The maximum atomic E-state index is 13.2. The van der Waals surface area contributed by atoms with Crippen LogP contribution in [0.1, 0.15) is 43.7 Å². The monoisotopic (exact) mass is 329 g/mol. The van der Waals surface area contributed by atoms with Crippen molar-refractivity contribution in [3.8, 4) is 0 Å². The SMILES string of the molecule is CCn1cc(CN2[C@@H]3CC[C@@H]2CC(O)(c2ccc(F)cc2)C3)cn1. The molecule has 3 heterocycles. The van der Waals surface area contributed by atoms with Crippen LogP contribution < -0.4 is 0 Å². The molecule has 2 aliphatic heterocycles. The van der Waals surface area contributed by atoms with Crippen LogP contribution in [0.4, 0.5) is 4.39 Å². The lowest BCUT2D eigenvalue weighted by Gasteiger charge is -2.44. The molecular weight excluding hydrogens is 305 g/mol. The van der Waals surface area contributed by atoms with E-state index in [9.17, 15) is 9.50 Å². The van der Waals surface area contributed by atoms with E-state index < -0.39 is 5.60 Å². The summed E-state index contributed by atoms with van der Waals surface area (Å²) in [5.74, 6) is -0.254. The van der Waals surface area contributed by atoms with Gasteiger partial charge in [0.2, 0.25) is 0 Å². The van der Waals surface area contributed by atoms with E-state index in [-0.39, 0.29) is 5.82 Å². The molecule has 1 aromatic heterocycles. The minimum absolute atomic E-state index is 0.254. The molecule has 2 aliphatic rings. The fourth-order valence-corrected chi connectivity index (χ4v) is 4.44. The second-order valence-corrected chi connectivity index (χ2v) is 7.21. The quantitative estimate of drug-likeness (QED) is 0.937. The zero-order valence-corrected chi connectivity index (χ0v) is 14.0. The van der Waals surface area contributed by atoms with E-state index in [0.29, 0.717) is 12.1 Å². The van der Waals surface area contributed by atoms with Crippen molar-refractivity contribution < 1.29 is 9.50 Å². The number of aliphatic hydroxyl groups is 1. The van der Waals surface area contributed by atoms with Crippen molar-refractivity contribution in [2.24, 2.45) is 0 Å². The van der Waals surface area contributed by atoms with E-state index in [4.69, 9.17) is 0 Å². The lowest BCUT2D eigenvalue weighted by molar-refractivity contribution is -0.0595. The Labute approximate surface area is 141 Å². The molecule has 4 rings (SSSR count). The van der Waals surface area contributed by atoms with Crippen molar-refractivity contribution in [1.29, 1.82) is 0 Å². The van der Waals surface area contributed by atoms with Gasteiger partial charge in [-0.05, 0) is 50.3 Å². The van der Waals surface area contributed by atoms with Crippen molar-refractivity contribution in [3.63, 3.8) is 0 Å². The molecule has 128 valence electrons. The van der Waals surface area contributed by atoms with Gasteiger partial charge in [-0.1, -0.05) is 12.1 Å². The van der Waals surface area contributed by atoms with Crippen LogP contribution in [-0.4, -0.2) is 31.9 Å². The first-order chi connectivity index (χ1) is 11.6. The van der Waals surface area contributed by atoms with Gasteiger partial charge < -0.3 is 5.11 Å². The van der Waals surface area contributed by atoms with Crippen molar-refractivity contribution in [1.82, 2.24) is 14.7 Å². The fraction of sp³-hybridized carbons (Fsp3) is 0.526. The summed E-state index contributed by atoms with van der Waals surface area (Å²) in [6.07, 6.45) is 7.74. The molecule has 2 atom stereocenters. The Balaban J connectivity index is 1.51. The molecule has 2 saturated heterocycles. The second-order valence-electron chi connectivity index (χ2n) is 7.21. The molecule has 1 N–H and O–H groups in total. The van der Waals surface area contributed by atoms with Crippen molar-refractivity contribution in [3.05, 3.63) is 53.6 Å². The number of aryl methyl sites for hydroxylation is 1. The van der Waals surface area contributed by atoms with Crippen LogP contribution in [0.25, 0.3) is 0 Å². The first kappa shape index (κ1) is 15.8. The highest BCUT2D eigenvalue weighted by Gasteiger charge is 2.48. The number of benzene rings is 1. The first-order valence-electron chi connectivity index (χ1n) is 8.83. The van der Waals surface area contributed by atoms with Gasteiger partial charge in [0.1, 0.15) is 5.82 Å². The van der Waals surface area contributed by atoms with Crippen LogP contribution in [0, 0.1) is 5.82 Å². The molecule has 2 fully saturated rings. The van der Waals surface area contributed by atoms with Gasteiger partial charge in [0.05, 0.1) is 11.8 Å². The van der Waals surface area contributed by atoms with Gasteiger partial charge in [0.25, 0.3) is 0 Å². The molecule has 24 heavy (non-hydrogen) atoms. The lowest BCUT2D eigenvalue weighted by Crippen LogP contribution is -2.49. The van der Waals surface area contributed by atoms with E-state index in [1.807, 2.05) is 10.9 Å². The molecule has 2 bridgehead atoms. The Morgan fingerprint density at radius 1 is 1.21 bits per heavy atom. The maximum Gasteiger partial charge on any atom is 0.123 e. The molecule has 0 saturated carbocycles. The van der Waals surface area contributed by atoms with Crippen LogP contribution in [0.3, 0.4) is 0 Å². The molecule has 0 unspecified atom stereocenters. The fourth-order valence-electron chi connectivity index (χ4n) is 4.44. The lowest BCUT2D eigenvalue weighted by atomic mass is 9.80. The number of fused-ring (bicyclic) bond motifs is 2. The zero-order valence-electron chi connectivity index (χ0n) is 14.0. The number of piperidine rings is 1. The highest BCUT2D eigenvalue weighted by atomic mass is 19.1. The standard InChI is InChI=1S/C19H24FN3O/c1-2-22-12-14(11-21-22)13-23-17-7-8-18(23)10-19(24,9-17)15-3-5-16(20)6-4-15/h3-6,11-12,17-18,24H,2,7-10,13H2,1H3/t17-,18-/m1/s1. The van der Waals surface area contributed by atoms with Crippen LogP contribution in [0.15, 0.2) is 36.7 Å². The zero-order chi connectivity index (χ0) is 16.7. The third-order valence-corrected chi connectivity index (χ3v) is 5.68. The maximum absolute atomic E-state index is 13.2. The topological polar surface area (TPSA) is 41.3 Å². The predicted octanol–water partition coefficient (Wildman–Crippen LogP) is 3.06. The molecular formula is C19H24FN3O. The molecule has 5 heteroatoms. The molecule has 2 aromatic rings. The van der Waals surface area contributed by atoms with E-state index in [0.717, 1.165) is 44.3 Å². The number of halogens is 1. The molecule has 0 amide bonds. The summed E-state index contributed by atoms with van der Waals surface area (Å²) in [5, 5.41) is 15.5. The summed E-state index contributed by atoms with van der Waals surface area (Å²) in [6.45, 7) is 3.87. The summed E-state index contributed by atoms with van der Waals surface area (Å²) in [7, 11) is 0. The number of nitrogens with zero attached hydrogens (tertiary/aromatic N) is 3. The van der Waals surface area contributed by atoms with E-state index in [1.54, 1.807) is 12.1 Å². The third-order valence-electron chi connectivity index (χ3n) is 5.68. The smallest absolute Gasteiger partial charge is 0.123 e. The van der Waals surface area contributed by atoms with Crippen LogP contribution in [-0.2, 0) is 18.7 Å². The second kappa shape index (κ2) is 5.97. The minimum Gasteiger partial charge on any atom is -0.385 e. The van der Waals surface area contributed by atoms with E-state index in [1.165, 1.54) is 17.7 Å². The average Bonchev–Trinajstić information content (AvgIpc) is 3.12. The Hall–Kier alpha value is -1.72. The minimum atomic E-state index is -0.830. The Morgan fingerprint density at radius 3 is 2.46 bits per heavy atom. The van der Waals surface area contributed by atoms with Crippen molar-refractivity contribution in [2.45, 2.75) is 63.4 Å². The van der Waals surface area contributed by atoms with E-state index in [2.05, 4.69) is 23.1 Å². The van der Waals surface area contributed by atoms with Gasteiger partial charge in [-0.25, -0.2) is 4.39 Å². The van der Waals surface area contributed by atoms with Crippen LogP contribution >= 0.6 is 0 Å². The van der Waals surface area contributed by atoms with Gasteiger partial charge in [-0.3, -0.25) is 9.58 Å². The van der Waals surface area contributed by atoms with Crippen LogP contribution in [0.5, 0.6) is 0 Å². The number of hydrogen-bond donors (Lipinski definition) is 1. The first-order valence-corrected chi connectivity index (χ1v) is 8.83. The highest BCUT2D eigenvalue weighted by Crippen LogP contribution is 2.46. The summed E-state index contributed by atoms with van der Waals surface area (Å²) in [4.78, 5) is 2.52. The molecule has 0 radical (unpaired) electrons. The Kier molecular flexibility index (Phi) is 3.93. The molecule has 0 aliphatic carbocycles. The predicted molar refractivity (Wildman–Crippen MR) is 89.8 cm³/mol. The van der Waals surface area contributed by atoms with Gasteiger partial charge in [-0.15, -0.1) is 0 Å². The number of hydrogen-bond acceptors (Lipinski definition) is 3. The molecule has 1 aromatic carbocycles.